The van der Waals surface area contributed by atoms with Crippen molar-refractivity contribution in [2.75, 3.05) is 31.3 Å². The fraction of sp³-hybridized carbons (Fsp3) is 0.226. The lowest BCUT2D eigenvalue weighted by Gasteiger charge is -2.28. The number of anilines is 3. The molecule has 0 fully saturated rings. The summed E-state index contributed by atoms with van der Waals surface area (Å²) in [6, 6.07) is 11.2. The summed E-state index contributed by atoms with van der Waals surface area (Å²) in [5, 5.41) is 17.5. The van der Waals surface area contributed by atoms with Crippen LogP contribution in [0.5, 0.6) is 5.75 Å². The largest absolute Gasteiger partial charge is 1.00 e. The number of nitro groups is 1. The van der Waals surface area contributed by atoms with Crippen molar-refractivity contribution in [1.29, 1.82) is 0 Å². The summed E-state index contributed by atoms with van der Waals surface area (Å²) >= 11 is 0. The smallest absolute Gasteiger partial charge is 0.475 e. The zero-order chi connectivity index (χ0) is 35.3. The molecule has 0 saturated heterocycles. The van der Waals surface area contributed by atoms with Gasteiger partial charge >= 0.3 is 17.8 Å². The zero-order valence-electron chi connectivity index (χ0n) is 26.7. The van der Waals surface area contributed by atoms with Gasteiger partial charge in [0, 0.05) is 36.5 Å². The Labute approximate surface area is 292 Å². The van der Waals surface area contributed by atoms with Gasteiger partial charge in [-0.2, -0.15) is 13.2 Å². The molecule has 1 amide bonds. The molecule has 0 atom stereocenters. The average Bonchev–Trinajstić information content (AvgIpc) is 3.37. The van der Waals surface area contributed by atoms with Gasteiger partial charge in [-0.05, 0) is 46.3 Å². The third-order valence-electron chi connectivity index (χ3n) is 7.13. The Morgan fingerprint density at radius 3 is 2.58 bits per heavy atom. The minimum atomic E-state index is -4.87. The average molecular weight is 762 g/mol. The van der Waals surface area contributed by atoms with Crippen molar-refractivity contribution in [3.63, 3.8) is 0 Å². The van der Waals surface area contributed by atoms with Crippen LogP contribution in [0.3, 0.4) is 0 Å². The first kappa shape index (κ1) is 37.3. The highest BCUT2D eigenvalue weighted by Gasteiger charge is 2.45. The lowest BCUT2D eigenvalue weighted by molar-refractivity contribution is -0.898. The second kappa shape index (κ2) is 15.3. The van der Waals surface area contributed by atoms with Crippen LogP contribution in [-0.2, 0) is 31.2 Å². The van der Waals surface area contributed by atoms with Crippen LogP contribution in [0.1, 0.15) is 17.2 Å². The fourth-order valence-electron chi connectivity index (χ4n) is 4.77. The highest BCUT2D eigenvalue weighted by atomic mass is 79.9. The van der Waals surface area contributed by atoms with E-state index >= 15 is 0 Å². The predicted molar refractivity (Wildman–Crippen MR) is 169 cm³/mol. The van der Waals surface area contributed by atoms with E-state index < -0.39 is 34.5 Å². The second-order valence-corrected chi connectivity index (χ2v) is 11.4. The van der Waals surface area contributed by atoms with Gasteiger partial charge in [-0.15, -0.1) is 0 Å². The molecule has 19 heteroatoms. The summed E-state index contributed by atoms with van der Waals surface area (Å²) in [4.78, 5) is 43.2. The van der Waals surface area contributed by atoms with Crippen molar-refractivity contribution in [2.45, 2.75) is 19.3 Å². The van der Waals surface area contributed by atoms with Crippen LogP contribution in [0.15, 0.2) is 73.3 Å². The van der Waals surface area contributed by atoms with Gasteiger partial charge in [-0.25, -0.2) is 19.3 Å². The summed E-state index contributed by atoms with van der Waals surface area (Å²) in [7, 11) is 4.35. The number of likely N-dealkylation sites (N-methyl/N-ethyl adjacent to an activating group) is 1. The maximum Gasteiger partial charge on any atom is 0.475 e. The summed E-state index contributed by atoms with van der Waals surface area (Å²) in [6.07, 6.45) is 2.17. The SMILES string of the molecule is Cn1c(C(F)(F)F)nc([N+](=O)[O-])c1C[N+](C)(C)C/C=C/C(=O)Nc1cc2c(Nc3ccc(OCc4ccccn4)c(F)c3)ncnc2cn1.[Br-]. The van der Waals surface area contributed by atoms with Crippen molar-refractivity contribution in [3.8, 4) is 5.75 Å². The van der Waals surface area contributed by atoms with E-state index in [0.717, 1.165) is 7.05 Å². The number of nitrogens with one attached hydrogen (secondary N) is 2. The third-order valence-corrected chi connectivity index (χ3v) is 7.13. The van der Waals surface area contributed by atoms with Crippen molar-refractivity contribution in [3.05, 3.63) is 106 Å². The van der Waals surface area contributed by atoms with E-state index in [1.54, 1.807) is 44.6 Å². The zero-order valence-corrected chi connectivity index (χ0v) is 28.2. The Kier molecular flexibility index (Phi) is 11.4. The second-order valence-electron chi connectivity index (χ2n) is 11.4. The molecule has 1 aromatic carbocycles. The first-order valence-corrected chi connectivity index (χ1v) is 14.5. The topological polar surface area (TPSA) is 163 Å². The quantitative estimate of drug-likeness (QED) is 0.0635. The van der Waals surface area contributed by atoms with Gasteiger partial charge in [0.2, 0.25) is 5.91 Å². The summed E-state index contributed by atoms with van der Waals surface area (Å²) in [5.74, 6) is -2.90. The first-order chi connectivity index (χ1) is 23.2. The van der Waals surface area contributed by atoms with Crippen molar-refractivity contribution in [2.24, 2.45) is 7.05 Å². The molecule has 0 unspecified atom stereocenters. The van der Waals surface area contributed by atoms with E-state index in [0.29, 0.717) is 32.7 Å². The molecule has 4 aromatic heterocycles. The van der Waals surface area contributed by atoms with Gasteiger partial charge in [-0.3, -0.25) is 14.3 Å². The van der Waals surface area contributed by atoms with Crippen LogP contribution >= 0.6 is 0 Å². The number of fused-ring (bicyclic) bond motifs is 1. The van der Waals surface area contributed by atoms with E-state index in [-0.39, 0.29) is 58.4 Å². The highest BCUT2D eigenvalue weighted by Crippen LogP contribution is 2.33. The maximum absolute atomic E-state index is 14.8. The normalized spacial score (nSPS) is 11.7. The summed E-state index contributed by atoms with van der Waals surface area (Å²) in [5.41, 5.74) is 1.25. The Hall–Kier alpha value is -5.56. The molecule has 4 heterocycles. The number of nitrogens with zero attached hydrogens (tertiary/aromatic N) is 8. The molecular formula is C31H29BrF4N10O4. The van der Waals surface area contributed by atoms with Gasteiger partial charge in [-0.1, -0.05) is 6.07 Å². The molecule has 0 spiro atoms. The lowest BCUT2D eigenvalue weighted by Crippen LogP contribution is -3.00. The van der Waals surface area contributed by atoms with Crippen molar-refractivity contribution < 1.29 is 53.5 Å². The highest BCUT2D eigenvalue weighted by molar-refractivity contribution is 6.00. The maximum atomic E-state index is 14.8. The Morgan fingerprint density at radius 2 is 1.90 bits per heavy atom. The van der Waals surface area contributed by atoms with Crippen molar-refractivity contribution in [1.82, 2.24) is 29.5 Å². The van der Waals surface area contributed by atoms with E-state index in [1.807, 2.05) is 0 Å². The molecule has 262 valence electrons. The summed E-state index contributed by atoms with van der Waals surface area (Å²) in [6.45, 7) is 0.0548. The number of quaternary nitrogens is 1. The van der Waals surface area contributed by atoms with Crippen LogP contribution in [0.25, 0.3) is 10.9 Å². The number of carbonyl (C=O) groups excluding carboxylic acids is 1. The molecule has 0 saturated carbocycles. The molecule has 50 heavy (non-hydrogen) atoms. The number of amides is 1. The fourth-order valence-corrected chi connectivity index (χ4v) is 4.77. The number of hydrogen-bond donors (Lipinski definition) is 2. The third kappa shape index (κ3) is 9.11. The minimum Gasteiger partial charge on any atom is -1.00 e. The monoisotopic (exact) mass is 760 g/mol. The number of imidazole rings is 1. The molecule has 5 aromatic rings. The number of aromatic nitrogens is 6. The number of rotatable bonds is 12. The molecule has 5 rings (SSSR count). The van der Waals surface area contributed by atoms with Crippen molar-refractivity contribution >= 4 is 40.0 Å². The van der Waals surface area contributed by atoms with Crippen LogP contribution in [-0.4, -0.2) is 65.4 Å². The molecule has 0 aliphatic rings. The molecule has 0 bridgehead atoms. The van der Waals surface area contributed by atoms with Crippen LogP contribution in [0.2, 0.25) is 0 Å². The van der Waals surface area contributed by atoms with Crippen LogP contribution < -0.4 is 32.4 Å². The molecular weight excluding hydrogens is 732 g/mol. The number of hydrogen-bond acceptors (Lipinski definition) is 10. The molecule has 0 aliphatic heterocycles. The van der Waals surface area contributed by atoms with E-state index in [9.17, 15) is 32.5 Å². The van der Waals surface area contributed by atoms with E-state index in [1.165, 1.54) is 42.9 Å². The Morgan fingerprint density at radius 1 is 1.12 bits per heavy atom. The minimum absolute atomic E-state index is 0. The molecule has 2 N–H and O–H groups in total. The molecule has 0 radical (unpaired) electrons. The Balaban J connectivity index is 0.00000562. The number of pyridine rings is 2. The van der Waals surface area contributed by atoms with E-state index in [4.69, 9.17) is 4.74 Å². The number of ether oxygens (including phenoxy) is 1. The van der Waals surface area contributed by atoms with Crippen LogP contribution in [0.4, 0.5) is 40.7 Å². The molecule has 14 nitrogen and oxygen atoms in total. The Bertz CT molecular complexity index is 2040. The standard InChI is InChI=1S/C31H28F4N10O4.BrH/c1-43-24(29(44(47)48)42-30(43)31(33,34)35)16-45(2,3)12-6-8-27(46)41-26-14-21-23(15-37-26)38-18-39-28(21)40-19-9-10-25(22(32)13-19)49-17-20-7-4-5-11-36-20;/h4-11,13-15,18H,12,16-17H2,1-3H3,(H-,37,38,39,40,41,46);1H/b8-6+;. The number of benzene rings is 1. The van der Waals surface area contributed by atoms with E-state index in [2.05, 4.69) is 35.6 Å². The summed E-state index contributed by atoms with van der Waals surface area (Å²) < 4.78 is 60.9. The van der Waals surface area contributed by atoms with Gasteiger partial charge < -0.3 is 46.9 Å². The number of carbonyl (C=O) groups is 1. The van der Waals surface area contributed by atoms with Gasteiger partial charge in [0.25, 0.3) is 0 Å². The van der Waals surface area contributed by atoms with Gasteiger partial charge in [0.1, 0.15) is 31.1 Å². The lowest BCUT2D eigenvalue weighted by atomic mass is 10.2. The van der Waals surface area contributed by atoms with Crippen LogP contribution in [0, 0.1) is 15.9 Å². The first-order valence-electron chi connectivity index (χ1n) is 14.5. The predicted octanol–water partition coefficient (Wildman–Crippen LogP) is 2.32. The number of halogens is 5. The van der Waals surface area contributed by atoms with Gasteiger partial charge in [0.15, 0.2) is 17.3 Å². The number of alkyl halides is 3. The van der Waals surface area contributed by atoms with Gasteiger partial charge in [0.05, 0.1) is 38.0 Å². The molecule has 0 aliphatic carbocycles.